The summed E-state index contributed by atoms with van der Waals surface area (Å²) in [4.78, 5) is 28.0. The second kappa shape index (κ2) is 8.58. The topological polar surface area (TPSA) is 85.7 Å². The Kier molecular flexibility index (Phi) is 7.31. The Morgan fingerprint density at radius 2 is 2.00 bits per heavy atom. The standard InChI is InChI=1S/C17H23ClFNO5/c1-6-25-15(22)9-8-20-14(18)13(19)11(9)12(16(23)24-5)10(21)7-17(2,3)4/h8,10,12,21H,6-7H2,1-5H3. The van der Waals surface area contributed by atoms with Gasteiger partial charge < -0.3 is 14.6 Å². The van der Waals surface area contributed by atoms with Crippen molar-refractivity contribution in [1.29, 1.82) is 0 Å². The molecule has 0 aliphatic carbocycles. The third-order valence-electron chi connectivity index (χ3n) is 3.48. The fourth-order valence-corrected chi connectivity index (χ4v) is 2.64. The zero-order valence-corrected chi connectivity index (χ0v) is 15.7. The van der Waals surface area contributed by atoms with Gasteiger partial charge in [0.05, 0.1) is 25.4 Å². The van der Waals surface area contributed by atoms with Gasteiger partial charge in [-0.25, -0.2) is 14.2 Å². The number of nitrogens with zero attached hydrogens (tertiary/aromatic N) is 1. The SMILES string of the molecule is CCOC(=O)c1cnc(Cl)c(F)c1C(C(=O)OC)C(O)CC(C)(C)C. The lowest BCUT2D eigenvalue weighted by Crippen LogP contribution is -2.33. The van der Waals surface area contributed by atoms with E-state index < -0.39 is 34.9 Å². The van der Waals surface area contributed by atoms with Gasteiger partial charge in [-0.15, -0.1) is 0 Å². The first kappa shape index (κ1) is 21.3. The number of aliphatic hydroxyl groups is 1. The lowest BCUT2D eigenvalue weighted by Gasteiger charge is -2.28. The van der Waals surface area contributed by atoms with E-state index in [4.69, 9.17) is 21.1 Å². The highest BCUT2D eigenvalue weighted by molar-refractivity contribution is 6.29. The van der Waals surface area contributed by atoms with E-state index in [1.165, 1.54) is 0 Å². The first-order chi connectivity index (χ1) is 11.5. The van der Waals surface area contributed by atoms with Crippen LogP contribution in [0.5, 0.6) is 0 Å². The molecule has 0 aliphatic heterocycles. The molecule has 0 spiro atoms. The number of carbonyl (C=O) groups excluding carboxylic acids is 2. The quantitative estimate of drug-likeness (QED) is 0.607. The number of aromatic nitrogens is 1. The summed E-state index contributed by atoms with van der Waals surface area (Å²) < 4.78 is 24.3. The highest BCUT2D eigenvalue weighted by atomic mass is 35.5. The van der Waals surface area contributed by atoms with Crippen molar-refractivity contribution in [2.24, 2.45) is 5.41 Å². The average Bonchev–Trinajstić information content (AvgIpc) is 2.50. The first-order valence-corrected chi connectivity index (χ1v) is 8.18. The highest BCUT2D eigenvalue weighted by Gasteiger charge is 2.38. The maximum Gasteiger partial charge on any atom is 0.340 e. The number of hydrogen-bond donors (Lipinski definition) is 1. The number of rotatable bonds is 6. The van der Waals surface area contributed by atoms with E-state index in [2.05, 4.69) is 4.98 Å². The van der Waals surface area contributed by atoms with Crippen molar-refractivity contribution < 1.29 is 28.6 Å². The maximum atomic E-state index is 14.7. The summed E-state index contributed by atoms with van der Waals surface area (Å²) in [5.41, 5.74) is -1.00. The van der Waals surface area contributed by atoms with Crippen molar-refractivity contribution >= 4 is 23.5 Å². The monoisotopic (exact) mass is 375 g/mol. The third-order valence-corrected chi connectivity index (χ3v) is 3.75. The largest absolute Gasteiger partial charge is 0.468 e. The summed E-state index contributed by atoms with van der Waals surface area (Å²) in [6, 6.07) is 0. The van der Waals surface area contributed by atoms with E-state index >= 15 is 0 Å². The molecule has 1 heterocycles. The number of methoxy groups -OCH3 is 1. The predicted molar refractivity (Wildman–Crippen MR) is 90.0 cm³/mol. The molecule has 0 saturated heterocycles. The van der Waals surface area contributed by atoms with E-state index in [-0.39, 0.29) is 29.6 Å². The summed E-state index contributed by atoms with van der Waals surface area (Å²) >= 11 is 5.73. The van der Waals surface area contributed by atoms with E-state index in [9.17, 15) is 19.1 Å². The lowest BCUT2D eigenvalue weighted by molar-refractivity contribution is -0.145. The van der Waals surface area contributed by atoms with Gasteiger partial charge in [0.2, 0.25) is 0 Å². The fraction of sp³-hybridized carbons (Fsp3) is 0.588. The van der Waals surface area contributed by atoms with Crippen molar-refractivity contribution in [3.05, 3.63) is 28.3 Å². The Morgan fingerprint density at radius 3 is 2.48 bits per heavy atom. The van der Waals surface area contributed by atoms with Crippen molar-refractivity contribution in [1.82, 2.24) is 4.98 Å². The van der Waals surface area contributed by atoms with E-state index in [1.54, 1.807) is 6.92 Å². The number of esters is 2. The van der Waals surface area contributed by atoms with Gasteiger partial charge in [-0.1, -0.05) is 32.4 Å². The molecular weight excluding hydrogens is 353 g/mol. The molecule has 1 rings (SSSR count). The summed E-state index contributed by atoms with van der Waals surface area (Å²) in [5.74, 6) is -4.25. The van der Waals surface area contributed by atoms with Crippen LogP contribution in [-0.2, 0) is 14.3 Å². The van der Waals surface area contributed by atoms with Crippen LogP contribution in [-0.4, -0.2) is 41.8 Å². The molecule has 1 N–H and O–H groups in total. The second-order valence-corrected chi connectivity index (χ2v) is 7.10. The Morgan fingerprint density at radius 1 is 1.40 bits per heavy atom. The van der Waals surface area contributed by atoms with Gasteiger partial charge in [0, 0.05) is 11.8 Å². The van der Waals surface area contributed by atoms with Gasteiger partial charge in [-0.2, -0.15) is 0 Å². The molecule has 0 bridgehead atoms. The Bertz CT molecular complexity index is 645. The second-order valence-electron chi connectivity index (χ2n) is 6.74. The lowest BCUT2D eigenvalue weighted by atomic mass is 9.81. The van der Waals surface area contributed by atoms with Crippen LogP contribution < -0.4 is 0 Å². The van der Waals surface area contributed by atoms with Crippen LogP contribution in [0, 0.1) is 11.2 Å². The van der Waals surface area contributed by atoms with Gasteiger partial charge in [0.15, 0.2) is 11.0 Å². The minimum atomic E-state index is -1.44. The van der Waals surface area contributed by atoms with Crippen LogP contribution in [0.2, 0.25) is 5.15 Å². The Hall–Kier alpha value is -1.73. The molecule has 0 aromatic carbocycles. The summed E-state index contributed by atoms with van der Waals surface area (Å²) in [6.45, 7) is 7.20. The van der Waals surface area contributed by atoms with E-state index in [1.807, 2.05) is 20.8 Å². The molecular formula is C17H23ClFNO5. The van der Waals surface area contributed by atoms with Crippen LogP contribution in [0.25, 0.3) is 0 Å². The van der Waals surface area contributed by atoms with Gasteiger partial charge in [-0.05, 0) is 18.8 Å². The average molecular weight is 376 g/mol. The molecule has 1 aromatic heterocycles. The number of hydrogen-bond acceptors (Lipinski definition) is 6. The number of ether oxygens (including phenoxy) is 2. The van der Waals surface area contributed by atoms with E-state index in [0.29, 0.717) is 0 Å². The normalized spacial score (nSPS) is 13.9. The summed E-state index contributed by atoms with van der Waals surface area (Å²) in [6.07, 6.45) is -0.110. The number of halogens is 2. The zero-order chi connectivity index (χ0) is 19.4. The van der Waals surface area contributed by atoms with Gasteiger partial charge in [0.25, 0.3) is 0 Å². The molecule has 0 aliphatic rings. The molecule has 0 amide bonds. The molecule has 140 valence electrons. The van der Waals surface area contributed by atoms with Crippen LogP contribution in [0.4, 0.5) is 4.39 Å². The Labute approximate surface area is 151 Å². The summed E-state index contributed by atoms with van der Waals surface area (Å²) in [5, 5.41) is 10.1. The predicted octanol–water partition coefficient (Wildman–Crippen LogP) is 3.10. The van der Waals surface area contributed by atoms with Crippen molar-refractivity contribution in [3.8, 4) is 0 Å². The van der Waals surface area contributed by atoms with Gasteiger partial charge in [-0.3, -0.25) is 4.79 Å². The molecule has 6 nitrogen and oxygen atoms in total. The molecule has 0 radical (unpaired) electrons. The van der Waals surface area contributed by atoms with Crippen molar-refractivity contribution in [2.45, 2.75) is 46.1 Å². The minimum absolute atomic E-state index is 0.0515. The van der Waals surface area contributed by atoms with Gasteiger partial charge >= 0.3 is 11.9 Å². The van der Waals surface area contributed by atoms with Crippen LogP contribution >= 0.6 is 11.6 Å². The molecule has 0 fully saturated rings. The molecule has 8 heteroatoms. The van der Waals surface area contributed by atoms with Crippen LogP contribution in [0.15, 0.2) is 6.20 Å². The zero-order valence-electron chi connectivity index (χ0n) is 14.9. The highest BCUT2D eigenvalue weighted by Crippen LogP contribution is 2.35. The molecule has 2 unspecified atom stereocenters. The van der Waals surface area contributed by atoms with Crippen LogP contribution in [0.1, 0.15) is 56.0 Å². The molecule has 1 aromatic rings. The maximum absolute atomic E-state index is 14.7. The van der Waals surface area contributed by atoms with Crippen molar-refractivity contribution in [3.63, 3.8) is 0 Å². The van der Waals surface area contributed by atoms with Crippen molar-refractivity contribution in [2.75, 3.05) is 13.7 Å². The Balaban J connectivity index is 3.54. The smallest absolute Gasteiger partial charge is 0.340 e. The minimum Gasteiger partial charge on any atom is -0.468 e. The third kappa shape index (κ3) is 5.37. The number of aliphatic hydroxyl groups excluding tert-OH is 1. The fourth-order valence-electron chi connectivity index (χ4n) is 2.49. The first-order valence-electron chi connectivity index (χ1n) is 7.80. The summed E-state index contributed by atoms with van der Waals surface area (Å²) in [7, 11) is 1.11. The molecule has 0 saturated carbocycles. The molecule has 25 heavy (non-hydrogen) atoms. The van der Waals surface area contributed by atoms with E-state index in [0.717, 1.165) is 13.3 Å². The van der Waals surface area contributed by atoms with Crippen LogP contribution in [0.3, 0.4) is 0 Å². The number of pyridine rings is 1. The van der Waals surface area contributed by atoms with Gasteiger partial charge in [0.1, 0.15) is 5.92 Å². The number of carbonyl (C=O) groups is 2. The molecule has 2 atom stereocenters.